The van der Waals surface area contributed by atoms with Crippen molar-refractivity contribution in [2.75, 3.05) is 11.5 Å². The Morgan fingerprint density at radius 2 is 1.89 bits per heavy atom. The third-order valence-electron chi connectivity index (χ3n) is 5.68. The van der Waals surface area contributed by atoms with E-state index in [9.17, 15) is 9.90 Å². The summed E-state index contributed by atoms with van der Waals surface area (Å²) in [7, 11) is 0. The number of carbonyl (C=O) groups is 1. The van der Waals surface area contributed by atoms with Crippen LogP contribution in [0.5, 0.6) is 0 Å². The van der Waals surface area contributed by atoms with Gasteiger partial charge in [-0.3, -0.25) is 4.79 Å². The second kappa shape index (κ2) is 4.16. The van der Waals surface area contributed by atoms with E-state index in [1.807, 2.05) is 0 Å². The molecule has 3 atom stereocenters. The maximum Gasteiger partial charge on any atom is 0.161 e. The summed E-state index contributed by atoms with van der Waals surface area (Å²) in [6, 6.07) is 0. The highest BCUT2D eigenvalue weighted by atomic mass is 32.2. The van der Waals surface area contributed by atoms with Gasteiger partial charge in [-0.25, -0.2) is 0 Å². The van der Waals surface area contributed by atoms with Crippen molar-refractivity contribution in [3.05, 3.63) is 0 Å². The smallest absolute Gasteiger partial charge is 0.161 e. The first-order valence-corrected chi connectivity index (χ1v) is 8.90. The highest BCUT2D eigenvalue weighted by Gasteiger charge is 2.63. The average molecular weight is 286 g/mol. The van der Waals surface area contributed by atoms with Crippen molar-refractivity contribution in [1.82, 2.24) is 0 Å². The molecule has 1 aliphatic heterocycles. The van der Waals surface area contributed by atoms with Crippen molar-refractivity contribution >= 4 is 29.3 Å². The molecular formula is C14H22O2S2. The van der Waals surface area contributed by atoms with E-state index in [-0.39, 0.29) is 11.2 Å². The van der Waals surface area contributed by atoms with Crippen LogP contribution in [0, 0.1) is 11.3 Å². The van der Waals surface area contributed by atoms with Crippen molar-refractivity contribution in [2.45, 2.75) is 55.6 Å². The molecule has 1 N–H and O–H groups in total. The molecule has 102 valence electrons. The van der Waals surface area contributed by atoms with E-state index in [2.05, 4.69) is 30.4 Å². The van der Waals surface area contributed by atoms with Gasteiger partial charge in [-0.2, -0.15) is 0 Å². The Morgan fingerprint density at radius 3 is 2.50 bits per heavy atom. The normalized spacial score (nSPS) is 46.3. The Morgan fingerprint density at radius 1 is 1.22 bits per heavy atom. The van der Waals surface area contributed by atoms with E-state index in [4.69, 9.17) is 0 Å². The molecule has 0 radical (unpaired) electrons. The number of aliphatic hydroxyl groups is 1. The van der Waals surface area contributed by atoms with Gasteiger partial charge in [0.1, 0.15) is 5.60 Å². The number of hydrogen-bond acceptors (Lipinski definition) is 4. The summed E-state index contributed by atoms with van der Waals surface area (Å²) < 4.78 is 0.409. The van der Waals surface area contributed by atoms with Crippen molar-refractivity contribution in [3.63, 3.8) is 0 Å². The molecule has 2 nitrogen and oxygen atoms in total. The van der Waals surface area contributed by atoms with Crippen LogP contribution in [-0.2, 0) is 4.79 Å². The number of rotatable bonds is 1. The molecule has 2 aliphatic carbocycles. The summed E-state index contributed by atoms with van der Waals surface area (Å²) >= 11 is 4.24. The highest BCUT2D eigenvalue weighted by molar-refractivity contribution is 8.21. The highest BCUT2D eigenvalue weighted by Crippen LogP contribution is 2.65. The molecule has 4 heteroatoms. The van der Waals surface area contributed by atoms with Crippen LogP contribution >= 0.6 is 23.5 Å². The predicted molar refractivity (Wildman–Crippen MR) is 78.0 cm³/mol. The van der Waals surface area contributed by atoms with Gasteiger partial charge in [0.05, 0.1) is 4.08 Å². The van der Waals surface area contributed by atoms with E-state index in [1.165, 1.54) is 17.9 Å². The lowest BCUT2D eigenvalue weighted by Gasteiger charge is -2.49. The van der Waals surface area contributed by atoms with E-state index in [0.29, 0.717) is 16.4 Å². The molecule has 1 spiro atoms. The quantitative estimate of drug-likeness (QED) is 0.804. The van der Waals surface area contributed by atoms with Gasteiger partial charge in [0, 0.05) is 16.9 Å². The zero-order chi connectivity index (χ0) is 13.0. The van der Waals surface area contributed by atoms with Crippen LogP contribution in [0.2, 0.25) is 0 Å². The van der Waals surface area contributed by atoms with E-state index in [1.54, 1.807) is 6.92 Å². The van der Waals surface area contributed by atoms with Gasteiger partial charge >= 0.3 is 0 Å². The Bertz CT molecular complexity index is 378. The molecule has 0 aromatic carbocycles. The largest absolute Gasteiger partial charge is 0.382 e. The minimum Gasteiger partial charge on any atom is -0.382 e. The number of fused-ring (bicyclic) bond motifs is 1. The van der Waals surface area contributed by atoms with Crippen LogP contribution in [0.4, 0.5) is 0 Å². The molecule has 1 saturated heterocycles. The number of Topliss-reactive ketones (excluding diaryl/α,β-unsaturated/α-hetero) is 1. The van der Waals surface area contributed by atoms with Gasteiger partial charge < -0.3 is 5.11 Å². The van der Waals surface area contributed by atoms with Crippen LogP contribution in [-0.4, -0.2) is 32.1 Å². The first-order chi connectivity index (χ1) is 8.42. The van der Waals surface area contributed by atoms with Gasteiger partial charge in [0.15, 0.2) is 5.78 Å². The van der Waals surface area contributed by atoms with Crippen molar-refractivity contribution in [2.24, 2.45) is 11.3 Å². The first-order valence-electron chi connectivity index (χ1n) is 6.93. The van der Waals surface area contributed by atoms with Gasteiger partial charge in [-0.1, -0.05) is 6.92 Å². The molecule has 0 aromatic heterocycles. The third-order valence-corrected chi connectivity index (χ3v) is 9.25. The van der Waals surface area contributed by atoms with Crippen molar-refractivity contribution < 1.29 is 9.90 Å². The zero-order valence-corrected chi connectivity index (χ0v) is 12.8. The fourth-order valence-corrected chi connectivity index (χ4v) is 7.70. The summed E-state index contributed by atoms with van der Waals surface area (Å²) in [5.41, 5.74) is -1.22. The molecule has 0 amide bonds. The Balaban J connectivity index is 1.87. The van der Waals surface area contributed by atoms with Gasteiger partial charge in [-0.15, -0.1) is 23.5 Å². The van der Waals surface area contributed by atoms with Crippen LogP contribution < -0.4 is 0 Å². The number of ketones is 1. The minimum absolute atomic E-state index is 0.0184. The zero-order valence-electron chi connectivity index (χ0n) is 11.2. The molecule has 0 bridgehead atoms. The maximum atomic E-state index is 11.9. The molecule has 3 fully saturated rings. The summed E-state index contributed by atoms with van der Waals surface area (Å²) in [5.74, 6) is 3.05. The summed E-state index contributed by atoms with van der Waals surface area (Å²) in [6.45, 7) is 3.72. The first kappa shape index (κ1) is 13.3. The summed E-state index contributed by atoms with van der Waals surface area (Å²) in [5, 5.41) is 10.8. The van der Waals surface area contributed by atoms with E-state index >= 15 is 0 Å². The van der Waals surface area contributed by atoms with Crippen LogP contribution in [0.15, 0.2) is 0 Å². The Kier molecular flexibility index (Phi) is 3.08. The number of thioether (sulfide) groups is 2. The Labute approximate surface area is 118 Å². The van der Waals surface area contributed by atoms with E-state index in [0.717, 1.165) is 19.3 Å². The third kappa shape index (κ3) is 1.64. The standard InChI is InChI=1S/C14H22O2S2/c1-10(15)14(16)4-3-11-9-13(17-7-8-18-13)6-5-12(11,14)2/h11,16H,3-9H2,1-2H3/t11-,12-,14-/m0/s1. The van der Waals surface area contributed by atoms with Gasteiger partial charge in [0.2, 0.25) is 0 Å². The van der Waals surface area contributed by atoms with Crippen LogP contribution in [0.1, 0.15) is 46.0 Å². The van der Waals surface area contributed by atoms with E-state index < -0.39 is 5.60 Å². The number of carbonyl (C=O) groups excluding carboxylic acids is 1. The fraction of sp³-hybridized carbons (Fsp3) is 0.929. The fourth-order valence-electron chi connectivity index (χ4n) is 4.33. The molecule has 2 saturated carbocycles. The molecule has 3 rings (SSSR count). The van der Waals surface area contributed by atoms with Crippen molar-refractivity contribution in [3.8, 4) is 0 Å². The molecular weight excluding hydrogens is 264 g/mol. The molecule has 1 heterocycles. The molecule has 3 aliphatic rings. The van der Waals surface area contributed by atoms with Gasteiger partial charge in [-0.05, 0) is 44.9 Å². The Hall–Kier alpha value is 0.330. The molecule has 0 aromatic rings. The molecule has 18 heavy (non-hydrogen) atoms. The van der Waals surface area contributed by atoms with Gasteiger partial charge in [0.25, 0.3) is 0 Å². The minimum atomic E-state index is -1.05. The monoisotopic (exact) mass is 286 g/mol. The topological polar surface area (TPSA) is 37.3 Å². The molecule has 0 unspecified atom stereocenters. The second-order valence-electron chi connectivity index (χ2n) is 6.38. The summed E-state index contributed by atoms with van der Waals surface area (Å²) in [6.07, 6.45) is 5.05. The average Bonchev–Trinajstić information content (AvgIpc) is 2.87. The predicted octanol–water partition coefficient (Wildman–Crippen LogP) is 3.08. The lowest BCUT2D eigenvalue weighted by atomic mass is 9.62. The summed E-state index contributed by atoms with van der Waals surface area (Å²) in [4.78, 5) is 11.9. The second-order valence-corrected chi connectivity index (χ2v) is 9.60. The van der Waals surface area contributed by atoms with Crippen LogP contribution in [0.3, 0.4) is 0 Å². The van der Waals surface area contributed by atoms with Crippen LogP contribution in [0.25, 0.3) is 0 Å². The lowest BCUT2D eigenvalue weighted by molar-refractivity contribution is -0.151. The SMILES string of the molecule is CC(=O)[C@@]1(O)CC[C@H]2CC3(CC[C@@]21C)SCCS3. The lowest BCUT2D eigenvalue weighted by Crippen LogP contribution is -2.53. The number of hydrogen-bond donors (Lipinski definition) is 1. The maximum absolute atomic E-state index is 11.9. The van der Waals surface area contributed by atoms with Crippen molar-refractivity contribution in [1.29, 1.82) is 0 Å².